The molecule has 264 valence electrons. The molecule has 0 aliphatic heterocycles. The zero-order valence-corrected chi connectivity index (χ0v) is 33.7. The Bertz CT molecular complexity index is 517. The number of rotatable bonds is 8. The molecule has 0 aromatic heterocycles. The van der Waals surface area contributed by atoms with Gasteiger partial charge in [0.1, 0.15) is 0 Å². The quantitative estimate of drug-likeness (QED) is 0.254. The molecule has 4 saturated carbocycles. The lowest BCUT2D eigenvalue weighted by Gasteiger charge is -2.16. The summed E-state index contributed by atoms with van der Waals surface area (Å²) in [6, 6.07) is 0. The summed E-state index contributed by atoms with van der Waals surface area (Å²) in [5.74, 6) is 15.6. The van der Waals surface area contributed by atoms with Gasteiger partial charge in [-0.2, -0.15) is 0 Å². The predicted octanol–water partition coefficient (Wildman–Crippen LogP) is 14.9. The van der Waals surface area contributed by atoms with Crippen LogP contribution in [0.2, 0.25) is 0 Å². The molecule has 0 amide bonds. The summed E-state index contributed by atoms with van der Waals surface area (Å²) >= 11 is 0. The van der Waals surface area contributed by atoms with Crippen LogP contribution in [0.4, 0.5) is 0 Å². The van der Waals surface area contributed by atoms with E-state index in [1.54, 1.807) is 0 Å². The minimum atomic E-state index is 0.916. The Balaban J connectivity index is 0.000000293. The highest BCUT2D eigenvalue weighted by Crippen LogP contribution is 2.41. The van der Waals surface area contributed by atoms with Crippen LogP contribution in [0.5, 0.6) is 0 Å². The van der Waals surface area contributed by atoms with Crippen molar-refractivity contribution in [3.05, 3.63) is 0 Å². The molecule has 0 spiro atoms. The summed E-state index contributed by atoms with van der Waals surface area (Å²) in [6.45, 7) is 37.9. The third-order valence-corrected chi connectivity index (χ3v) is 13.6. The van der Waals surface area contributed by atoms with E-state index < -0.39 is 0 Å². The molecule has 44 heavy (non-hydrogen) atoms. The van der Waals surface area contributed by atoms with E-state index in [2.05, 4.69) is 111 Å². The van der Waals surface area contributed by atoms with E-state index in [0.29, 0.717) is 0 Å². The number of hydrogen-bond donors (Lipinski definition) is 0. The Morgan fingerprint density at radius 1 is 0.205 bits per heavy atom. The van der Waals surface area contributed by atoms with E-state index in [0.717, 1.165) is 94.7 Å². The van der Waals surface area contributed by atoms with E-state index >= 15 is 0 Å². The highest BCUT2D eigenvalue weighted by atomic mass is 14.4. The first-order chi connectivity index (χ1) is 20.4. The molecule has 0 bridgehead atoms. The van der Waals surface area contributed by atoms with Gasteiger partial charge in [-0.1, -0.05) is 111 Å². The lowest BCUT2D eigenvalue weighted by molar-refractivity contribution is 0.340. The monoisotopic (exact) mass is 617 g/mol. The van der Waals surface area contributed by atoms with Crippen molar-refractivity contribution in [2.24, 2.45) is 94.7 Å². The number of hydrogen-bond acceptors (Lipinski definition) is 0. The molecule has 0 aromatic carbocycles. The van der Waals surface area contributed by atoms with Gasteiger partial charge in [0, 0.05) is 0 Å². The predicted molar refractivity (Wildman–Crippen MR) is 202 cm³/mol. The molecule has 4 fully saturated rings. The minimum Gasteiger partial charge on any atom is -0.0625 e. The Hall–Kier alpha value is 0. The first kappa shape index (κ1) is 42.0. The Morgan fingerprint density at radius 2 is 0.295 bits per heavy atom. The summed E-state index contributed by atoms with van der Waals surface area (Å²) in [4.78, 5) is 0. The molecule has 0 aromatic rings. The van der Waals surface area contributed by atoms with Crippen LogP contribution >= 0.6 is 0 Å². The smallest absolute Gasteiger partial charge is 0.0388 e. The first-order valence-corrected chi connectivity index (χ1v) is 20.4. The molecule has 0 unspecified atom stereocenters. The first-order valence-electron chi connectivity index (χ1n) is 20.4. The highest BCUT2D eigenvalue weighted by Gasteiger charge is 2.30. The zero-order chi connectivity index (χ0) is 33.7. The van der Waals surface area contributed by atoms with Crippen LogP contribution in [-0.4, -0.2) is 0 Å². The van der Waals surface area contributed by atoms with E-state index in [4.69, 9.17) is 0 Å². The second-order valence-corrected chi connectivity index (χ2v) is 19.3. The third-order valence-electron chi connectivity index (χ3n) is 13.6. The average Bonchev–Trinajstić information content (AvgIpc) is 3.76. The van der Waals surface area contributed by atoms with E-state index in [-0.39, 0.29) is 0 Å². The maximum Gasteiger partial charge on any atom is -0.0388 e. The summed E-state index contributed by atoms with van der Waals surface area (Å²) in [5.41, 5.74) is 0. The topological polar surface area (TPSA) is 0 Å². The van der Waals surface area contributed by atoms with Crippen LogP contribution < -0.4 is 0 Å². The third kappa shape index (κ3) is 15.3. The van der Waals surface area contributed by atoms with Gasteiger partial charge in [0.15, 0.2) is 0 Å². The van der Waals surface area contributed by atoms with Gasteiger partial charge in [-0.05, 0) is 172 Å². The van der Waals surface area contributed by atoms with Gasteiger partial charge < -0.3 is 0 Å². The maximum atomic E-state index is 2.37. The van der Waals surface area contributed by atoms with Crippen LogP contribution in [0.3, 0.4) is 0 Å². The summed E-state index contributed by atoms with van der Waals surface area (Å²) in [7, 11) is 0. The van der Waals surface area contributed by atoms with Crippen LogP contribution in [0.1, 0.15) is 188 Å². The second-order valence-electron chi connectivity index (χ2n) is 19.3. The minimum absolute atomic E-state index is 0.916. The van der Waals surface area contributed by atoms with Crippen LogP contribution in [0.15, 0.2) is 0 Å². The SMILES string of the molecule is CC(C)[C@@H]1CC[C@@H](C(C)C)C1.CC(C)[C@@H]1CC[C@H](C(C)C)C1.CC(C)[C@@H]1CC[C@H](C(C)C)C1.CC(C)[C@H]1CC[C@H](C(C)C)C1. The highest BCUT2D eigenvalue weighted by molar-refractivity contribution is 4.81. The van der Waals surface area contributed by atoms with Crippen LogP contribution in [0.25, 0.3) is 0 Å². The lowest BCUT2D eigenvalue weighted by Crippen LogP contribution is -2.07. The molecule has 0 saturated heterocycles. The molecule has 8 atom stereocenters. The molecule has 0 N–H and O–H groups in total. The van der Waals surface area contributed by atoms with Gasteiger partial charge >= 0.3 is 0 Å². The summed E-state index contributed by atoms with van der Waals surface area (Å²) in [6.07, 6.45) is 17.9. The molecule has 0 radical (unpaired) electrons. The maximum absolute atomic E-state index is 2.37. The van der Waals surface area contributed by atoms with E-state index in [1.165, 1.54) is 77.0 Å². The molecule has 0 heteroatoms. The van der Waals surface area contributed by atoms with Crippen molar-refractivity contribution in [3.63, 3.8) is 0 Å². The van der Waals surface area contributed by atoms with Gasteiger partial charge in [-0.15, -0.1) is 0 Å². The normalized spacial score (nSPS) is 32.2. The molecular formula is C44H88. The van der Waals surface area contributed by atoms with Gasteiger partial charge in [-0.25, -0.2) is 0 Å². The van der Waals surface area contributed by atoms with Gasteiger partial charge in [0.25, 0.3) is 0 Å². The average molecular weight is 617 g/mol. The molecule has 4 rings (SSSR count). The molecular weight excluding hydrogens is 528 g/mol. The molecule has 4 aliphatic carbocycles. The molecule has 0 nitrogen and oxygen atoms in total. The fraction of sp³-hybridized carbons (Fsp3) is 1.00. The Labute approximate surface area is 281 Å². The van der Waals surface area contributed by atoms with Gasteiger partial charge in [0.2, 0.25) is 0 Å². The van der Waals surface area contributed by atoms with Crippen LogP contribution in [0, 0.1) is 94.7 Å². The zero-order valence-electron chi connectivity index (χ0n) is 33.7. The fourth-order valence-electron chi connectivity index (χ4n) is 9.05. The standard InChI is InChI=1S/4C11H22/c4*1-8(2)10-5-6-11(7-10)9(3)4/h4*8-11H,5-7H2,1-4H3/t2*10-,11+;2*10-,11-/m..10/s1. The molecule has 0 heterocycles. The largest absolute Gasteiger partial charge is 0.0625 e. The van der Waals surface area contributed by atoms with Crippen molar-refractivity contribution >= 4 is 0 Å². The van der Waals surface area contributed by atoms with Crippen molar-refractivity contribution < 1.29 is 0 Å². The fourth-order valence-corrected chi connectivity index (χ4v) is 9.05. The van der Waals surface area contributed by atoms with Gasteiger partial charge in [-0.3, -0.25) is 0 Å². The second kappa shape index (κ2) is 21.1. The summed E-state index contributed by atoms with van der Waals surface area (Å²) in [5, 5.41) is 0. The Morgan fingerprint density at radius 3 is 0.341 bits per heavy atom. The van der Waals surface area contributed by atoms with Crippen molar-refractivity contribution in [2.75, 3.05) is 0 Å². The van der Waals surface area contributed by atoms with Gasteiger partial charge in [0.05, 0.1) is 0 Å². The van der Waals surface area contributed by atoms with E-state index in [9.17, 15) is 0 Å². The van der Waals surface area contributed by atoms with Crippen LogP contribution in [-0.2, 0) is 0 Å². The molecule has 4 aliphatic rings. The van der Waals surface area contributed by atoms with Crippen molar-refractivity contribution in [2.45, 2.75) is 188 Å². The summed E-state index contributed by atoms with van der Waals surface area (Å²) < 4.78 is 0. The van der Waals surface area contributed by atoms with Crippen molar-refractivity contribution in [3.8, 4) is 0 Å². The Kier molecular flexibility index (Phi) is 20.1. The van der Waals surface area contributed by atoms with Crippen molar-refractivity contribution in [1.82, 2.24) is 0 Å². The lowest BCUT2D eigenvalue weighted by atomic mass is 9.89. The van der Waals surface area contributed by atoms with Crippen molar-refractivity contribution in [1.29, 1.82) is 0 Å². The van der Waals surface area contributed by atoms with E-state index in [1.807, 2.05) is 0 Å².